The zero-order chi connectivity index (χ0) is 13.4. The van der Waals surface area contributed by atoms with Crippen LogP contribution in [-0.2, 0) is 4.74 Å². The third-order valence-electron chi connectivity index (χ3n) is 3.45. The van der Waals surface area contributed by atoms with Crippen LogP contribution < -0.4 is 5.32 Å². The van der Waals surface area contributed by atoms with Crippen molar-refractivity contribution in [1.82, 2.24) is 15.1 Å². The standard InChI is InChI=1S/C13H28N4O/c1-5-16(3)8-7-15-13(14-2)17(4)10-12-6-9-18-11-12/h12H,5-11H2,1-4H3,(H,14,15). The maximum Gasteiger partial charge on any atom is 0.193 e. The first kappa shape index (κ1) is 15.2. The fourth-order valence-corrected chi connectivity index (χ4v) is 2.10. The van der Waals surface area contributed by atoms with E-state index in [4.69, 9.17) is 4.74 Å². The summed E-state index contributed by atoms with van der Waals surface area (Å²) in [4.78, 5) is 8.81. The van der Waals surface area contributed by atoms with Crippen LogP contribution in [0.2, 0.25) is 0 Å². The minimum absolute atomic E-state index is 0.645. The number of hydrogen-bond acceptors (Lipinski definition) is 3. The average Bonchev–Trinajstić information content (AvgIpc) is 2.86. The summed E-state index contributed by atoms with van der Waals surface area (Å²) in [5, 5.41) is 3.40. The van der Waals surface area contributed by atoms with Gasteiger partial charge < -0.3 is 19.9 Å². The fourth-order valence-electron chi connectivity index (χ4n) is 2.10. The minimum atomic E-state index is 0.645. The largest absolute Gasteiger partial charge is 0.381 e. The highest BCUT2D eigenvalue weighted by atomic mass is 16.5. The van der Waals surface area contributed by atoms with E-state index in [0.29, 0.717) is 5.92 Å². The Bertz CT molecular complexity index is 251. The highest BCUT2D eigenvalue weighted by Crippen LogP contribution is 2.13. The topological polar surface area (TPSA) is 40.1 Å². The van der Waals surface area contributed by atoms with E-state index >= 15 is 0 Å². The van der Waals surface area contributed by atoms with Gasteiger partial charge in [0.1, 0.15) is 0 Å². The molecule has 1 aliphatic heterocycles. The Balaban J connectivity index is 2.26. The van der Waals surface area contributed by atoms with Crippen molar-refractivity contribution >= 4 is 5.96 Å². The number of rotatable bonds is 6. The van der Waals surface area contributed by atoms with Crippen molar-refractivity contribution in [3.8, 4) is 0 Å². The van der Waals surface area contributed by atoms with Crippen LogP contribution in [0.5, 0.6) is 0 Å². The van der Waals surface area contributed by atoms with Crippen LogP contribution in [0.25, 0.3) is 0 Å². The molecular weight excluding hydrogens is 228 g/mol. The molecule has 106 valence electrons. The smallest absolute Gasteiger partial charge is 0.193 e. The molecule has 1 atom stereocenters. The predicted molar refractivity (Wildman–Crippen MR) is 76.1 cm³/mol. The first-order valence-electron chi connectivity index (χ1n) is 6.85. The van der Waals surface area contributed by atoms with Gasteiger partial charge in [0.25, 0.3) is 0 Å². The molecule has 0 radical (unpaired) electrons. The van der Waals surface area contributed by atoms with Crippen molar-refractivity contribution in [2.24, 2.45) is 10.9 Å². The van der Waals surface area contributed by atoms with Gasteiger partial charge in [0.2, 0.25) is 0 Å². The van der Waals surface area contributed by atoms with Crippen LogP contribution in [0.4, 0.5) is 0 Å². The van der Waals surface area contributed by atoms with E-state index in [0.717, 1.165) is 45.4 Å². The van der Waals surface area contributed by atoms with Gasteiger partial charge in [-0.1, -0.05) is 6.92 Å². The van der Waals surface area contributed by atoms with Gasteiger partial charge >= 0.3 is 0 Å². The molecule has 5 nitrogen and oxygen atoms in total. The second-order valence-corrected chi connectivity index (χ2v) is 4.98. The lowest BCUT2D eigenvalue weighted by Crippen LogP contribution is -2.43. The Morgan fingerprint density at radius 3 is 2.78 bits per heavy atom. The minimum Gasteiger partial charge on any atom is -0.381 e. The van der Waals surface area contributed by atoms with Gasteiger partial charge in [-0.3, -0.25) is 4.99 Å². The Kier molecular flexibility index (Phi) is 7.05. The number of aliphatic imine (C=N–C) groups is 1. The van der Waals surface area contributed by atoms with Crippen molar-refractivity contribution in [3.63, 3.8) is 0 Å². The molecule has 0 bridgehead atoms. The summed E-state index contributed by atoms with van der Waals surface area (Å²) in [5.74, 6) is 1.62. The molecule has 1 heterocycles. The summed E-state index contributed by atoms with van der Waals surface area (Å²) in [7, 11) is 6.06. The first-order valence-corrected chi connectivity index (χ1v) is 6.85. The molecule has 0 spiro atoms. The van der Waals surface area contributed by atoms with E-state index in [1.165, 1.54) is 6.42 Å². The van der Waals surface area contributed by atoms with Gasteiger partial charge in [-0.25, -0.2) is 0 Å². The summed E-state index contributed by atoms with van der Waals surface area (Å²) in [6.45, 7) is 8.03. The Hall–Kier alpha value is -0.810. The SMILES string of the molecule is CCN(C)CCNC(=NC)N(C)CC1CCOC1. The second-order valence-electron chi connectivity index (χ2n) is 4.98. The molecule has 0 aromatic carbocycles. The van der Waals surface area contributed by atoms with Crippen LogP contribution in [0.3, 0.4) is 0 Å². The number of likely N-dealkylation sites (N-methyl/N-ethyl adjacent to an activating group) is 1. The monoisotopic (exact) mass is 256 g/mol. The molecule has 0 aromatic heterocycles. The van der Waals surface area contributed by atoms with Gasteiger partial charge in [-0.2, -0.15) is 0 Å². The molecule has 0 aromatic rings. The van der Waals surface area contributed by atoms with Crippen LogP contribution >= 0.6 is 0 Å². The Morgan fingerprint density at radius 2 is 2.22 bits per heavy atom. The Labute approximate surface area is 111 Å². The lowest BCUT2D eigenvalue weighted by molar-refractivity contribution is 0.181. The van der Waals surface area contributed by atoms with Crippen LogP contribution in [0, 0.1) is 5.92 Å². The van der Waals surface area contributed by atoms with E-state index in [1.54, 1.807) is 0 Å². The van der Waals surface area contributed by atoms with E-state index in [-0.39, 0.29) is 0 Å². The first-order chi connectivity index (χ1) is 8.67. The molecule has 1 rings (SSSR count). The van der Waals surface area contributed by atoms with Gasteiger partial charge in [-0.15, -0.1) is 0 Å². The highest BCUT2D eigenvalue weighted by Gasteiger charge is 2.18. The van der Waals surface area contributed by atoms with Gasteiger partial charge in [0.05, 0.1) is 6.61 Å². The fraction of sp³-hybridized carbons (Fsp3) is 0.923. The van der Waals surface area contributed by atoms with Crippen LogP contribution in [0.15, 0.2) is 4.99 Å². The zero-order valence-corrected chi connectivity index (χ0v) is 12.3. The molecule has 1 unspecified atom stereocenters. The van der Waals surface area contributed by atoms with Gasteiger partial charge in [-0.05, 0) is 20.0 Å². The molecular formula is C13H28N4O. The summed E-state index contributed by atoms with van der Waals surface area (Å²) in [6, 6.07) is 0. The average molecular weight is 256 g/mol. The lowest BCUT2D eigenvalue weighted by atomic mass is 10.1. The molecule has 1 N–H and O–H groups in total. The quantitative estimate of drug-likeness (QED) is 0.554. The van der Waals surface area contributed by atoms with E-state index < -0.39 is 0 Å². The van der Waals surface area contributed by atoms with Crippen LogP contribution in [0.1, 0.15) is 13.3 Å². The number of hydrogen-bond donors (Lipinski definition) is 1. The Morgan fingerprint density at radius 1 is 1.44 bits per heavy atom. The third kappa shape index (κ3) is 5.23. The normalized spacial score (nSPS) is 20.5. The van der Waals surface area contributed by atoms with Crippen molar-refractivity contribution < 1.29 is 4.74 Å². The predicted octanol–water partition coefficient (Wildman–Crippen LogP) is 0.482. The van der Waals surface area contributed by atoms with E-state index in [1.807, 2.05) is 7.05 Å². The summed E-state index contributed by atoms with van der Waals surface area (Å²) < 4.78 is 5.40. The van der Waals surface area contributed by atoms with E-state index in [9.17, 15) is 0 Å². The molecule has 1 aliphatic rings. The third-order valence-corrected chi connectivity index (χ3v) is 3.45. The molecule has 1 saturated heterocycles. The number of nitrogens with zero attached hydrogens (tertiary/aromatic N) is 3. The lowest BCUT2D eigenvalue weighted by Gasteiger charge is -2.25. The maximum atomic E-state index is 5.40. The van der Waals surface area contributed by atoms with Crippen molar-refractivity contribution in [3.05, 3.63) is 0 Å². The van der Waals surface area contributed by atoms with Crippen molar-refractivity contribution in [2.45, 2.75) is 13.3 Å². The van der Waals surface area contributed by atoms with Gasteiger partial charge in [0.15, 0.2) is 5.96 Å². The zero-order valence-electron chi connectivity index (χ0n) is 12.3. The molecule has 0 aliphatic carbocycles. The molecule has 18 heavy (non-hydrogen) atoms. The number of guanidine groups is 1. The number of ether oxygens (including phenoxy) is 1. The van der Waals surface area contributed by atoms with Crippen molar-refractivity contribution in [1.29, 1.82) is 0 Å². The van der Waals surface area contributed by atoms with E-state index in [2.05, 4.69) is 41.1 Å². The molecule has 0 amide bonds. The summed E-state index contributed by atoms with van der Waals surface area (Å²) >= 11 is 0. The highest BCUT2D eigenvalue weighted by molar-refractivity contribution is 5.79. The maximum absolute atomic E-state index is 5.40. The molecule has 1 fully saturated rings. The van der Waals surface area contributed by atoms with Crippen LogP contribution in [-0.4, -0.2) is 76.3 Å². The summed E-state index contributed by atoms with van der Waals surface area (Å²) in [5.41, 5.74) is 0. The second kappa shape index (κ2) is 8.32. The number of nitrogens with one attached hydrogen (secondary N) is 1. The van der Waals surface area contributed by atoms with Gasteiger partial charge in [0, 0.05) is 46.3 Å². The summed E-state index contributed by atoms with van der Waals surface area (Å²) in [6.07, 6.45) is 1.17. The molecule has 5 heteroatoms. The molecule has 0 saturated carbocycles. The van der Waals surface area contributed by atoms with Crippen molar-refractivity contribution in [2.75, 3.05) is 60.5 Å².